The summed E-state index contributed by atoms with van der Waals surface area (Å²) in [6.45, 7) is 31.1. The van der Waals surface area contributed by atoms with Crippen LogP contribution in [0.1, 0.15) is 129 Å². The highest BCUT2D eigenvalue weighted by atomic mass is 19.1. The molecule has 0 amide bonds. The predicted molar refractivity (Wildman–Crippen MR) is 320 cm³/mol. The minimum Gasteiger partial charge on any atom is -0.505 e. The van der Waals surface area contributed by atoms with Crippen molar-refractivity contribution >= 4 is 43.6 Å². The maximum Gasteiger partial charge on any atom is 0.147 e. The van der Waals surface area contributed by atoms with Gasteiger partial charge < -0.3 is 28.8 Å². The summed E-state index contributed by atoms with van der Waals surface area (Å²) in [4.78, 5) is 0. The lowest BCUT2D eigenvalue weighted by Gasteiger charge is -2.20. The number of aromatic nitrogens is 2. The van der Waals surface area contributed by atoms with E-state index >= 15 is 8.78 Å². The van der Waals surface area contributed by atoms with Gasteiger partial charge >= 0.3 is 0 Å². The molecule has 6 nitrogen and oxygen atoms in total. The summed E-state index contributed by atoms with van der Waals surface area (Å²) in [5.74, 6) is 0.0190. The summed E-state index contributed by atoms with van der Waals surface area (Å²) in [7, 11) is 0. The largest absolute Gasteiger partial charge is 0.505 e. The number of aromatic hydroxyl groups is 2. The predicted octanol–water partition coefficient (Wildman–Crippen LogP) is 18.9. The van der Waals surface area contributed by atoms with Crippen molar-refractivity contribution in [2.75, 3.05) is 13.2 Å². The Morgan fingerprint density at radius 1 is 0.372 bits per heavy atom. The summed E-state index contributed by atoms with van der Waals surface area (Å²) in [5, 5.41) is 29.2. The second-order valence-electron chi connectivity index (χ2n) is 25.6. The first-order chi connectivity index (χ1) is 36.7. The number of phenolic OH excluding ortho intramolecular Hbond substituents is 2. The van der Waals surface area contributed by atoms with Crippen LogP contribution in [-0.4, -0.2) is 32.6 Å². The van der Waals surface area contributed by atoms with E-state index in [0.29, 0.717) is 58.0 Å². The van der Waals surface area contributed by atoms with Gasteiger partial charge in [-0.15, -0.1) is 0 Å². The second-order valence-corrected chi connectivity index (χ2v) is 25.6. The van der Waals surface area contributed by atoms with Crippen molar-refractivity contribution in [3.05, 3.63) is 178 Å². The molecule has 2 heterocycles. The molecular formula is C70H74F2N2O4. The topological polar surface area (TPSA) is 68.8 Å². The molecule has 0 fully saturated rings. The monoisotopic (exact) mass is 1040 g/mol. The van der Waals surface area contributed by atoms with Crippen molar-refractivity contribution in [3.63, 3.8) is 0 Å². The fraction of sp³-hybridized carbons (Fsp3) is 0.314. The average molecular weight is 1050 g/mol. The van der Waals surface area contributed by atoms with Crippen molar-refractivity contribution in [1.29, 1.82) is 0 Å². The van der Waals surface area contributed by atoms with Crippen molar-refractivity contribution in [2.24, 2.45) is 0 Å². The molecular weight excluding hydrogens is 971 g/mol. The Bertz CT molecular complexity index is 3580. The molecule has 78 heavy (non-hydrogen) atoms. The van der Waals surface area contributed by atoms with Gasteiger partial charge in [-0.25, -0.2) is 8.78 Å². The van der Waals surface area contributed by atoms with Gasteiger partial charge in [-0.05, 0) is 191 Å². The normalized spacial score (nSPS) is 12.7. The number of hydrogen-bond acceptors (Lipinski definition) is 4. The Morgan fingerprint density at radius 2 is 0.667 bits per heavy atom. The van der Waals surface area contributed by atoms with E-state index in [9.17, 15) is 10.2 Å². The maximum atomic E-state index is 15.3. The highest BCUT2D eigenvalue weighted by Crippen LogP contribution is 2.47. The Morgan fingerprint density at radius 3 is 0.949 bits per heavy atom. The van der Waals surface area contributed by atoms with Crippen molar-refractivity contribution < 1.29 is 28.5 Å². The number of rotatable bonds is 11. The number of hydrogen-bond donors (Lipinski definition) is 2. The third-order valence-electron chi connectivity index (χ3n) is 15.5. The van der Waals surface area contributed by atoms with Crippen molar-refractivity contribution in [1.82, 2.24) is 9.13 Å². The van der Waals surface area contributed by atoms with Gasteiger partial charge in [-0.3, -0.25) is 0 Å². The summed E-state index contributed by atoms with van der Waals surface area (Å²) >= 11 is 0. The van der Waals surface area contributed by atoms with Gasteiger partial charge in [0.1, 0.15) is 34.6 Å². The molecule has 0 saturated heterocycles. The lowest BCUT2D eigenvalue weighted by atomic mass is 9.85. The molecule has 10 rings (SSSR count). The fourth-order valence-corrected chi connectivity index (χ4v) is 10.9. The van der Waals surface area contributed by atoms with Gasteiger partial charge in [0.15, 0.2) is 0 Å². The molecule has 0 aliphatic heterocycles. The van der Waals surface area contributed by atoms with Gasteiger partial charge in [-0.1, -0.05) is 107 Å². The van der Waals surface area contributed by atoms with Crippen LogP contribution in [-0.2, 0) is 21.7 Å². The lowest BCUT2D eigenvalue weighted by molar-refractivity contribution is 0.267. The van der Waals surface area contributed by atoms with E-state index < -0.39 is 11.6 Å². The summed E-state index contributed by atoms with van der Waals surface area (Å²) in [6.07, 6.45) is 1.16. The number of ether oxygens (including phenoxy) is 2. The smallest absolute Gasteiger partial charge is 0.147 e. The SMILES string of the molecule is Cc1cc(-c2cc(F)ccc2OCCCCOc2ccc(F)cc2-c2cc(C)cc(-n3c4ccc(C(C)(C)C)cc4c4cc(C(C)(C)C)ccc43)c2O)c(O)c(-n2c3ccc(C(C)(C)C)cc3c3cc(C(C)(C)C)ccc32)c1. The van der Waals surface area contributed by atoms with Gasteiger partial charge in [0.25, 0.3) is 0 Å². The molecule has 0 unspecified atom stereocenters. The zero-order valence-corrected chi connectivity index (χ0v) is 47.9. The van der Waals surface area contributed by atoms with Crippen LogP contribution in [0.5, 0.6) is 23.0 Å². The minimum atomic E-state index is -0.448. The second kappa shape index (κ2) is 19.7. The zero-order valence-electron chi connectivity index (χ0n) is 47.9. The van der Waals surface area contributed by atoms with E-state index in [1.165, 1.54) is 46.5 Å². The van der Waals surface area contributed by atoms with Crippen LogP contribution < -0.4 is 9.47 Å². The Kier molecular flexibility index (Phi) is 13.6. The lowest BCUT2D eigenvalue weighted by Crippen LogP contribution is -2.10. The van der Waals surface area contributed by atoms with Crippen LogP contribution in [0.15, 0.2) is 133 Å². The van der Waals surface area contributed by atoms with Crippen LogP contribution in [0.4, 0.5) is 8.78 Å². The molecule has 0 aliphatic carbocycles. The van der Waals surface area contributed by atoms with E-state index in [1.807, 2.05) is 38.1 Å². The molecule has 8 aromatic carbocycles. The van der Waals surface area contributed by atoms with Crippen LogP contribution in [0.2, 0.25) is 0 Å². The highest BCUT2D eigenvalue weighted by Gasteiger charge is 2.27. The molecule has 0 saturated carbocycles. The third kappa shape index (κ3) is 10.1. The summed E-state index contributed by atoms with van der Waals surface area (Å²) in [5.41, 5.74) is 13.2. The standard InChI is InChI=1S/C70H74F2N2O4/c1-41-31-55(65(75)61(33-41)73-57-23-17-43(67(3,4)5)35-49(57)50-36-44(68(6,7)8)18-24-58(50)73)53-39-47(71)21-27-63(53)77-29-15-16-30-78-64-28-22-48(72)40-54(64)56-32-42(2)34-62(66(56)76)74-59-25-19-45(69(9,10)11)37-51(59)52-38-46(70(12,13)14)20-26-60(52)74/h17-28,31-40,75-76H,15-16,29-30H2,1-14H3. The maximum absolute atomic E-state index is 15.3. The van der Waals surface area contributed by atoms with E-state index in [1.54, 1.807) is 12.1 Å². The molecule has 2 N–H and O–H groups in total. The fourth-order valence-electron chi connectivity index (χ4n) is 10.9. The number of benzene rings is 8. The zero-order chi connectivity index (χ0) is 56.0. The molecule has 402 valence electrons. The first-order valence-electron chi connectivity index (χ1n) is 27.4. The van der Waals surface area contributed by atoms with E-state index in [2.05, 4.69) is 165 Å². The Hall–Kier alpha value is -7.58. The molecule has 0 aliphatic rings. The molecule has 8 heteroatoms. The van der Waals surface area contributed by atoms with Crippen LogP contribution in [0.3, 0.4) is 0 Å². The number of nitrogens with zero attached hydrogens (tertiary/aromatic N) is 2. The number of aryl methyl sites for hydroxylation is 2. The molecule has 10 aromatic rings. The van der Waals surface area contributed by atoms with E-state index in [0.717, 1.165) is 54.7 Å². The first kappa shape index (κ1) is 53.8. The average Bonchev–Trinajstić information content (AvgIpc) is 4.06. The van der Waals surface area contributed by atoms with E-state index in [-0.39, 0.29) is 46.4 Å². The molecule has 0 spiro atoms. The molecule has 0 radical (unpaired) electrons. The third-order valence-corrected chi connectivity index (χ3v) is 15.5. The van der Waals surface area contributed by atoms with Gasteiger partial charge in [-0.2, -0.15) is 0 Å². The van der Waals surface area contributed by atoms with Crippen LogP contribution in [0.25, 0.3) is 77.2 Å². The number of fused-ring (bicyclic) bond motifs is 6. The van der Waals surface area contributed by atoms with E-state index in [4.69, 9.17) is 9.47 Å². The first-order valence-corrected chi connectivity index (χ1v) is 27.4. The minimum absolute atomic E-state index is 0.0179. The molecule has 0 bridgehead atoms. The van der Waals surface area contributed by atoms with Gasteiger partial charge in [0, 0.05) is 43.8 Å². The highest BCUT2D eigenvalue weighted by molar-refractivity contribution is 6.11. The van der Waals surface area contributed by atoms with Gasteiger partial charge in [0.2, 0.25) is 0 Å². The Labute approximate surface area is 458 Å². The van der Waals surface area contributed by atoms with Crippen molar-refractivity contribution in [2.45, 2.75) is 131 Å². The van der Waals surface area contributed by atoms with Crippen molar-refractivity contribution in [3.8, 4) is 56.6 Å². The van der Waals surface area contributed by atoms with Gasteiger partial charge in [0.05, 0.1) is 46.7 Å². The van der Waals surface area contributed by atoms with Crippen LogP contribution >= 0.6 is 0 Å². The number of phenols is 2. The quantitative estimate of drug-likeness (QED) is 0.127. The van der Waals surface area contributed by atoms with Crippen LogP contribution in [0, 0.1) is 25.5 Å². The Balaban J connectivity index is 0.915. The summed E-state index contributed by atoms with van der Waals surface area (Å²) in [6, 6.07) is 42.9. The number of halogens is 2. The molecule has 2 aromatic heterocycles. The molecule has 0 atom stereocenters. The number of unbranched alkanes of at least 4 members (excludes halogenated alkanes) is 1. The summed E-state index contributed by atoms with van der Waals surface area (Å²) < 4.78 is 47.7.